The summed E-state index contributed by atoms with van der Waals surface area (Å²) >= 11 is 6.40. The van der Waals surface area contributed by atoms with Crippen molar-refractivity contribution in [3.8, 4) is 0 Å². The SMILES string of the molecule is O=C(OC1(C(c2ccccc2)c2ccccc2)SCCCS1)C(=O)OC1(C(c2ccccc2)c2ccccc2)SCCCS1. The molecule has 0 unspecified atom stereocenters. The van der Waals surface area contributed by atoms with Gasteiger partial charge < -0.3 is 9.47 Å². The van der Waals surface area contributed by atoms with E-state index in [4.69, 9.17) is 9.47 Å². The average molecular weight is 659 g/mol. The molecule has 44 heavy (non-hydrogen) atoms. The van der Waals surface area contributed by atoms with Gasteiger partial charge >= 0.3 is 11.9 Å². The predicted octanol–water partition coefficient (Wildman–Crippen LogP) is 8.78. The van der Waals surface area contributed by atoms with Gasteiger partial charge in [0, 0.05) is 0 Å². The van der Waals surface area contributed by atoms with Gasteiger partial charge in [-0.3, -0.25) is 0 Å². The van der Waals surface area contributed by atoms with E-state index in [-0.39, 0.29) is 11.8 Å². The monoisotopic (exact) mass is 658 g/mol. The molecule has 4 aromatic rings. The molecular formula is C36H34O4S4. The molecule has 226 valence electrons. The molecule has 0 atom stereocenters. The van der Waals surface area contributed by atoms with Crippen LogP contribution in [0.4, 0.5) is 0 Å². The van der Waals surface area contributed by atoms with Crippen molar-refractivity contribution in [2.75, 3.05) is 23.0 Å². The van der Waals surface area contributed by atoms with Gasteiger partial charge in [0.25, 0.3) is 0 Å². The van der Waals surface area contributed by atoms with Crippen molar-refractivity contribution in [3.05, 3.63) is 144 Å². The molecule has 2 aliphatic heterocycles. The van der Waals surface area contributed by atoms with Crippen LogP contribution in [-0.4, -0.2) is 43.5 Å². The molecule has 0 saturated carbocycles. The third-order valence-electron chi connectivity index (χ3n) is 7.67. The fraction of sp³-hybridized carbons (Fsp3) is 0.278. The molecule has 0 radical (unpaired) electrons. The first-order valence-electron chi connectivity index (χ1n) is 14.8. The van der Waals surface area contributed by atoms with Gasteiger partial charge in [-0.15, -0.1) is 47.0 Å². The Bertz CT molecular complexity index is 1310. The Morgan fingerprint density at radius 1 is 0.455 bits per heavy atom. The second kappa shape index (κ2) is 14.5. The van der Waals surface area contributed by atoms with Crippen molar-refractivity contribution in [2.24, 2.45) is 0 Å². The van der Waals surface area contributed by atoms with E-state index in [1.165, 1.54) is 0 Å². The number of esters is 2. The predicted molar refractivity (Wildman–Crippen MR) is 186 cm³/mol. The van der Waals surface area contributed by atoms with Gasteiger partial charge in [-0.2, -0.15) is 0 Å². The van der Waals surface area contributed by atoms with E-state index < -0.39 is 20.5 Å². The van der Waals surface area contributed by atoms with Crippen molar-refractivity contribution in [1.82, 2.24) is 0 Å². The topological polar surface area (TPSA) is 52.6 Å². The average Bonchev–Trinajstić information content (AvgIpc) is 3.08. The van der Waals surface area contributed by atoms with Gasteiger partial charge in [0.2, 0.25) is 8.53 Å². The maximum absolute atomic E-state index is 14.0. The number of rotatable bonds is 8. The van der Waals surface area contributed by atoms with Crippen LogP contribution in [0.5, 0.6) is 0 Å². The first-order chi connectivity index (χ1) is 21.6. The van der Waals surface area contributed by atoms with Crippen LogP contribution >= 0.6 is 47.0 Å². The summed E-state index contributed by atoms with van der Waals surface area (Å²) in [6.45, 7) is 0. The third-order valence-corrected chi connectivity index (χ3v) is 13.9. The smallest absolute Gasteiger partial charge is 0.419 e. The second-order valence-corrected chi connectivity index (χ2v) is 16.3. The largest absolute Gasteiger partial charge is 0.429 e. The fourth-order valence-corrected chi connectivity index (χ4v) is 12.4. The molecule has 0 aromatic heterocycles. The van der Waals surface area contributed by atoms with E-state index in [9.17, 15) is 9.59 Å². The number of hydrogen-bond acceptors (Lipinski definition) is 8. The van der Waals surface area contributed by atoms with Gasteiger partial charge in [0.1, 0.15) is 0 Å². The Kier molecular flexibility index (Phi) is 10.3. The Labute approximate surface area is 276 Å². The minimum absolute atomic E-state index is 0.272. The number of carbonyl (C=O) groups excluding carboxylic acids is 2. The normalized spacial score (nSPS) is 17.6. The van der Waals surface area contributed by atoms with Crippen LogP contribution < -0.4 is 0 Å². The van der Waals surface area contributed by atoms with E-state index >= 15 is 0 Å². The summed E-state index contributed by atoms with van der Waals surface area (Å²) in [5.74, 6) is 0.855. The highest BCUT2D eigenvalue weighted by atomic mass is 32.2. The molecule has 0 aliphatic carbocycles. The third kappa shape index (κ3) is 6.89. The Balaban J connectivity index is 1.34. The lowest BCUT2D eigenvalue weighted by molar-refractivity contribution is -0.172. The minimum atomic E-state index is -1.02. The first-order valence-corrected chi connectivity index (χ1v) is 18.8. The van der Waals surface area contributed by atoms with Crippen LogP contribution in [0.2, 0.25) is 0 Å². The molecule has 0 spiro atoms. The Hall–Kier alpha value is -2.78. The minimum Gasteiger partial charge on any atom is -0.429 e. The maximum atomic E-state index is 14.0. The zero-order valence-electron chi connectivity index (χ0n) is 24.2. The summed E-state index contributed by atoms with van der Waals surface area (Å²) in [4.78, 5) is 27.9. The van der Waals surface area contributed by atoms with Gasteiger partial charge in [-0.05, 0) is 58.1 Å². The van der Waals surface area contributed by atoms with Gasteiger partial charge in [-0.1, -0.05) is 121 Å². The molecule has 0 N–H and O–H groups in total. The second-order valence-electron chi connectivity index (χ2n) is 10.6. The summed E-state index contributed by atoms with van der Waals surface area (Å²) in [7, 11) is 0. The summed E-state index contributed by atoms with van der Waals surface area (Å²) in [5.41, 5.74) is 4.13. The van der Waals surface area contributed by atoms with Crippen molar-refractivity contribution >= 4 is 59.0 Å². The van der Waals surface area contributed by atoms with Crippen LogP contribution in [0.25, 0.3) is 0 Å². The highest BCUT2D eigenvalue weighted by Gasteiger charge is 2.51. The molecule has 2 heterocycles. The van der Waals surface area contributed by atoms with E-state index in [1.54, 1.807) is 47.0 Å². The standard InChI is InChI=1S/C36H34O4S4/c37-33(39-35(41-23-13-24-42-35)31(27-15-5-1-6-16-27)28-17-7-2-8-18-28)34(38)40-36(43-25-14-26-44-36)32(29-19-9-3-10-20-29)30-21-11-4-12-22-30/h1-12,15-22,31-32H,13-14,23-26H2. The maximum Gasteiger partial charge on any atom is 0.419 e. The number of carbonyl (C=O) groups is 2. The lowest BCUT2D eigenvalue weighted by Gasteiger charge is -2.43. The first kappa shape index (κ1) is 31.2. The highest BCUT2D eigenvalue weighted by Crippen LogP contribution is 2.56. The fourth-order valence-electron chi connectivity index (χ4n) is 5.75. The Morgan fingerprint density at radius 3 is 0.955 bits per heavy atom. The van der Waals surface area contributed by atoms with Crippen LogP contribution in [-0.2, 0) is 19.1 Å². The van der Waals surface area contributed by atoms with Crippen molar-refractivity contribution in [3.63, 3.8) is 0 Å². The van der Waals surface area contributed by atoms with Crippen LogP contribution in [0, 0.1) is 0 Å². The van der Waals surface area contributed by atoms with Crippen LogP contribution in [0.3, 0.4) is 0 Å². The molecule has 0 bridgehead atoms. The van der Waals surface area contributed by atoms with Crippen molar-refractivity contribution in [2.45, 2.75) is 33.2 Å². The van der Waals surface area contributed by atoms with Gasteiger partial charge in [0.15, 0.2) is 0 Å². The summed E-state index contributed by atoms with van der Waals surface area (Å²) in [5, 5.41) is 0. The van der Waals surface area contributed by atoms with Gasteiger partial charge in [0.05, 0.1) is 11.8 Å². The molecular weight excluding hydrogens is 625 g/mol. The molecule has 4 aromatic carbocycles. The zero-order chi connectivity index (χ0) is 30.2. The summed E-state index contributed by atoms with van der Waals surface area (Å²) < 4.78 is 10.7. The van der Waals surface area contributed by atoms with E-state index in [1.807, 2.05) is 72.8 Å². The van der Waals surface area contributed by atoms with Crippen molar-refractivity contribution < 1.29 is 19.1 Å². The quantitative estimate of drug-likeness (QED) is 0.138. The number of ether oxygens (including phenoxy) is 2. The number of thioether (sulfide) groups is 4. The lowest BCUT2D eigenvalue weighted by atomic mass is 9.91. The Morgan fingerprint density at radius 2 is 0.705 bits per heavy atom. The molecule has 4 nitrogen and oxygen atoms in total. The summed E-state index contributed by atoms with van der Waals surface area (Å²) in [6, 6.07) is 40.5. The van der Waals surface area contributed by atoms with E-state index in [2.05, 4.69) is 48.5 Å². The molecule has 2 saturated heterocycles. The molecule has 8 heteroatoms. The van der Waals surface area contributed by atoms with Crippen LogP contribution in [0.15, 0.2) is 121 Å². The van der Waals surface area contributed by atoms with Gasteiger partial charge in [-0.25, -0.2) is 9.59 Å². The number of hydrogen-bond donors (Lipinski definition) is 0. The molecule has 2 fully saturated rings. The van der Waals surface area contributed by atoms with E-state index in [0.29, 0.717) is 0 Å². The number of benzene rings is 4. The molecule has 2 aliphatic rings. The van der Waals surface area contributed by atoms with E-state index in [0.717, 1.165) is 58.1 Å². The molecule has 6 rings (SSSR count). The summed E-state index contributed by atoms with van der Waals surface area (Å²) in [6.07, 6.45) is 2.00. The highest BCUT2D eigenvalue weighted by molar-refractivity contribution is 8.19. The van der Waals surface area contributed by atoms with Crippen molar-refractivity contribution in [1.29, 1.82) is 0 Å². The lowest BCUT2D eigenvalue weighted by Crippen LogP contribution is -2.44. The zero-order valence-corrected chi connectivity index (χ0v) is 27.5. The van der Waals surface area contributed by atoms with Crippen LogP contribution in [0.1, 0.15) is 46.9 Å². The molecule has 0 amide bonds.